The molecule has 0 atom stereocenters. The number of benzene rings is 2. The lowest BCUT2D eigenvalue weighted by molar-refractivity contribution is -0.118. The summed E-state index contributed by atoms with van der Waals surface area (Å²) < 4.78 is 23.1. The molecule has 34 heavy (non-hydrogen) atoms. The molecule has 0 fully saturated rings. The van der Waals surface area contributed by atoms with Crippen LogP contribution in [0.3, 0.4) is 0 Å². The smallest absolute Gasteiger partial charge is 0.250 e. The molecule has 3 aromatic rings. The fourth-order valence-corrected chi connectivity index (χ4v) is 3.92. The average Bonchev–Trinajstić information content (AvgIpc) is 3.29. The molecule has 0 bridgehead atoms. The number of hydrogen-bond acceptors (Lipinski definition) is 9. The van der Waals surface area contributed by atoms with E-state index >= 15 is 0 Å². The van der Waals surface area contributed by atoms with E-state index in [0.717, 1.165) is 17.1 Å². The molecule has 0 saturated heterocycles. The second kappa shape index (κ2) is 11.9. The summed E-state index contributed by atoms with van der Waals surface area (Å²) in [6, 6.07) is 11.0. The van der Waals surface area contributed by atoms with E-state index in [4.69, 9.17) is 18.9 Å². The molecule has 3 rings (SSSR count). The highest BCUT2D eigenvalue weighted by atomic mass is 32.2. The van der Waals surface area contributed by atoms with Gasteiger partial charge in [-0.15, -0.1) is 10.2 Å². The molecule has 1 amide bonds. The van der Waals surface area contributed by atoms with E-state index in [2.05, 4.69) is 20.7 Å². The molecule has 0 saturated carbocycles. The zero-order chi connectivity index (χ0) is 24.5. The Morgan fingerprint density at radius 1 is 1.00 bits per heavy atom. The Morgan fingerprint density at radius 2 is 1.68 bits per heavy atom. The summed E-state index contributed by atoms with van der Waals surface area (Å²) in [5.74, 6) is 2.94. The number of aromatic nitrogens is 3. The highest BCUT2D eigenvalue weighted by Gasteiger charge is 2.15. The Hall–Kier alpha value is -3.73. The number of amides is 1. The van der Waals surface area contributed by atoms with Crippen LogP contribution < -0.4 is 24.4 Å². The highest BCUT2D eigenvalue weighted by molar-refractivity contribution is 7.99. The van der Waals surface area contributed by atoms with Gasteiger partial charge in [-0.25, -0.2) is 5.43 Å². The van der Waals surface area contributed by atoms with Gasteiger partial charge in [0.25, 0.3) is 5.91 Å². The van der Waals surface area contributed by atoms with Crippen molar-refractivity contribution in [1.29, 1.82) is 0 Å². The minimum Gasteiger partial charge on any atom is -0.497 e. The summed E-state index contributed by atoms with van der Waals surface area (Å²) in [5, 5.41) is 13.2. The van der Waals surface area contributed by atoms with Gasteiger partial charge in [0, 0.05) is 23.7 Å². The fraction of sp³-hybridized carbons (Fsp3) is 0.304. The van der Waals surface area contributed by atoms with Crippen LogP contribution in [0.15, 0.2) is 46.7 Å². The van der Waals surface area contributed by atoms with Crippen molar-refractivity contribution in [2.45, 2.75) is 18.6 Å². The number of carbonyl (C=O) groups excluding carboxylic acids is 1. The van der Waals surface area contributed by atoms with Gasteiger partial charge in [-0.05, 0) is 37.3 Å². The minimum absolute atomic E-state index is 0.126. The Labute approximate surface area is 202 Å². The molecule has 2 aromatic carbocycles. The van der Waals surface area contributed by atoms with Crippen LogP contribution in [0.2, 0.25) is 0 Å². The average molecular weight is 486 g/mol. The number of hydrazone groups is 1. The first-order valence-corrected chi connectivity index (χ1v) is 11.3. The lowest BCUT2D eigenvalue weighted by atomic mass is 10.2. The molecule has 11 heteroatoms. The number of carbonyl (C=O) groups is 1. The Bertz CT molecular complexity index is 1150. The summed E-state index contributed by atoms with van der Waals surface area (Å²) >= 11 is 1.29. The standard InChI is InChI=1S/C23H27N5O5S/c1-6-28-22(15-7-9-17(30-2)10-8-15)26-27-23(28)34-14-21(29)25-24-13-16-11-19(32-4)20(33-5)12-18(16)31-3/h7-13H,6,14H2,1-5H3,(H,25,29)/b24-13+. The second-order valence-corrected chi connectivity index (χ2v) is 7.75. The van der Waals surface area contributed by atoms with Gasteiger partial charge in [-0.1, -0.05) is 11.8 Å². The van der Waals surface area contributed by atoms with Gasteiger partial charge in [-0.3, -0.25) is 4.79 Å². The minimum atomic E-state index is -0.280. The van der Waals surface area contributed by atoms with E-state index < -0.39 is 0 Å². The van der Waals surface area contributed by atoms with Crippen molar-refractivity contribution < 1.29 is 23.7 Å². The number of methoxy groups -OCH3 is 4. The molecular weight excluding hydrogens is 458 g/mol. The maximum Gasteiger partial charge on any atom is 0.250 e. The number of nitrogens with zero attached hydrogens (tertiary/aromatic N) is 4. The fourth-order valence-electron chi connectivity index (χ4n) is 3.12. The van der Waals surface area contributed by atoms with Crippen molar-refractivity contribution in [1.82, 2.24) is 20.2 Å². The SMILES string of the molecule is CCn1c(SCC(=O)N/N=C/c2cc(OC)c(OC)cc2OC)nnc1-c1ccc(OC)cc1. The number of ether oxygens (including phenoxy) is 4. The Balaban J connectivity index is 1.63. The molecule has 1 aromatic heterocycles. The first kappa shape index (κ1) is 24.9. The molecule has 0 unspecified atom stereocenters. The molecule has 0 spiro atoms. The lowest BCUT2D eigenvalue weighted by Gasteiger charge is -2.11. The van der Waals surface area contributed by atoms with Gasteiger partial charge in [-0.2, -0.15) is 5.10 Å². The third kappa shape index (κ3) is 5.79. The van der Waals surface area contributed by atoms with Gasteiger partial charge in [0.15, 0.2) is 22.5 Å². The highest BCUT2D eigenvalue weighted by Crippen LogP contribution is 2.33. The van der Waals surface area contributed by atoms with Crippen LogP contribution in [-0.4, -0.2) is 61.1 Å². The largest absolute Gasteiger partial charge is 0.497 e. The molecule has 0 aliphatic heterocycles. The number of hydrogen-bond donors (Lipinski definition) is 1. The van der Waals surface area contributed by atoms with E-state index in [1.165, 1.54) is 25.1 Å². The van der Waals surface area contributed by atoms with Crippen LogP contribution in [0.25, 0.3) is 11.4 Å². The maximum atomic E-state index is 12.3. The number of thioether (sulfide) groups is 1. The third-order valence-corrected chi connectivity index (χ3v) is 5.81. The van der Waals surface area contributed by atoms with Crippen molar-refractivity contribution in [3.05, 3.63) is 42.0 Å². The number of nitrogens with one attached hydrogen (secondary N) is 1. The van der Waals surface area contributed by atoms with Gasteiger partial charge in [0.05, 0.1) is 40.4 Å². The summed E-state index contributed by atoms with van der Waals surface area (Å²) in [7, 11) is 6.25. The van der Waals surface area contributed by atoms with Gasteiger partial charge >= 0.3 is 0 Å². The van der Waals surface area contributed by atoms with Crippen LogP contribution >= 0.6 is 11.8 Å². The summed E-state index contributed by atoms with van der Waals surface area (Å²) in [6.45, 7) is 2.66. The molecule has 0 radical (unpaired) electrons. The second-order valence-electron chi connectivity index (χ2n) is 6.81. The van der Waals surface area contributed by atoms with Gasteiger partial charge in [0.2, 0.25) is 0 Å². The summed E-state index contributed by atoms with van der Waals surface area (Å²) in [4.78, 5) is 12.3. The van der Waals surface area contributed by atoms with E-state index in [1.807, 2.05) is 35.8 Å². The summed E-state index contributed by atoms with van der Waals surface area (Å²) in [6.07, 6.45) is 1.49. The van der Waals surface area contributed by atoms with Gasteiger partial charge < -0.3 is 23.5 Å². The molecule has 0 aliphatic rings. The van der Waals surface area contributed by atoms with Crippen LogP contribution in [0.5, 0.6) is 23.0 Å². The predicted molar refractivity (Wildman–Crippen MR) is 130 cm³/mol. The van der Waals surface area contributed by atoms with Crippen LogP contribution in [0, 0.1) is 0 Å². The molecule has 1 N–H and O–H groups in total. The zero-order valence-corrected chi connectivity index (χ0v) is 20.5. The van der Waals surface area contributed by atoms with Crippen molar-refractivity contribution in [3.8, 4) is 34.4 Å². The maximum absolute atomic E-state index is 12.3. The van der Waals surface area contributed by atoms with Crippen molar-refractivity contribution >= 4 is 23.9 Å². The lowest BCUT2D eigenvalue weighted by Crippen LogP contribution is -2.20. The van der Waals surface area contributed by atoms with Crippen molar-refractivity contribution in [2.75, 3.05) is 34.2 Å². The quantitative estimate of drug-likeness (QED) is 0.250. The van der Waals surface area contributed by atoms with Crippen LogP contribution in [-0.2, 0) is 11.3 Å². The first-order valence-electron chi connectivity index (χ1n) is 10.4. The molecule has 10 nitrogen and oxygen atoms in total. The monoisotopic (exact) mass is 485 g/mol. The normalized spacial score (nSPS) is 10.9. The summed E-state index contributed by atoms with van der Waals surface area (Å²) in [5.41, 5.74) is 4.06. The molecule has 0 aliphatic carbocycles. The molecule has 180 valence electrons. The van der Waals surface area contributed by atoms with Crippen molar-refractivity contribution in [3.63, 3.8) is 0 Å². The van der Waals surface area contributed by atoms with E-state index in [-0.39, 0.29) is 11.7 Å². The Kier molecular flexibility index (Phi) is 8.74. The number of rotatable bonds is 11. The van der Waals surface area contributed by atoms with E-state index in [1.54, 1.807) is 33.5 Å². The van der Waals surface area contributed by atoms with Crippen LogP contribution in [0.1, 0.15) is 12.5 Å². The predicted octanol–water partition coefficient (Wildman–Crippen LogP) is 3.24. The molecule has 1 heterocycles. The zero-order valence-electron chi connectivity index (χ0n) is 19.7. The van der Waals surface area contributed by atoms with E-state index in [0.29, 0.717) is 34.5 Å². The Morgan fingerprint density at radius 3 is 2.29 bits per heavy atom. The van der Waals surface area contributed by atoms with Crippen LogP contribution in [0.4, 0.5) is 0 Å². The van der Waals surface area contributed by atoms with Gasteiger partial charge in [0.1, 0.15) is 11.5 Å². The topological polar surface area (TPSA) is 109 Å². The van der Waals surface area contributed by atoms with E-state index in [9.17, 15) is 4.79 Å². The first-order chi connectivity index (χ1) is 16.5. The third-order valence-electron chi connectivity index (χ3n) is 4.84. The molecular formula is C23H27N5O5S. The van der Waals surface area contributed by atoms with Crippen molar-refractivity contribution in [2.24, 2.45) is 5.10 Å².